The fourth-order valence-electron chi connectivity index (χ4n) is 14.8. The fourth-order valence-corrected chi connectivity index (χ4v) is 23.8. The molecule has 5 saturated carbocycles. The molecule has 4 N–H and O–H groups in total. The minimum absolute atomic E-state index is 0.778. The molecule has 0 spiro atoms. The summed E-state index contributed by atoms with van der Waals surface area (Å²) in [5, 5.41) is 13.2. The van der Waals surface area contributed by atoms with Crippen LogP contribution in [-0.2, 0) is 61.6 Å². The number of nitrogens with one attached hydrogen (secondary N) is 4. The fraction of sp³-hybridized carbons (Fsp3) is 1.00. The van der Waals surface area contributed by atoms with Gasteiger partial charge >= 0.3 is 0 Å². The first-order chi connectivity index (χ1) is 73.0. The van der Waals surface area contributed by atoms with Crippen LogP contribution < -0.4 is 21.3 Å². The minimum atomic E-state index is 0.778. The summed E-state index contributed by atoms with van der Waals surface area (Å²) in [7, 11) is 0. The van der Waals surface area contributed by atoms with Crippen molar-refractivity contribution in [1.82, 2.24) is 21.3 Å². The average molecular weight is 2280 g/mol. The van der Waals surface area contributed by atoms with Gasteiger partial charge in [0.1, 0.15) is 0 Å². The molecule has 876 valence electrons. The van der Waals surface area contributed by atoms with Crippen LogP contribution in [0.15, 0.2) is 0 Å². The summed E-state index contributed by atoms with van der Waals surface area (Å²) in [4.78, 5) is 0. The van der Waals surface area contributed by atoms with E-state index >= 15 is 0 Å². The van der Waals surface area contributed by atoms with Crippen molar-refractivity contribution in [3.63, 3.8) is 0 Å². The van der Waals surface area contributed by atoms with E-state index in [1.54, 1.807) is 0 Å². The summed E-state index contributed by atoms with van der Waals surface area (Å²) >= 11 is 22.6. The molecule has 0 bridgehead atoms. The van der Waals surface area contributed by atoms with Crippen molar-refractivity contribution in [2.24, 2.45) is 0 Å². The third kappa shape index (κ3) is 153. The SMILES string of the molecule is C1CC1.C1CCC1.C1CCCC1.C1CCCCC1.C1CCCCCC1.C1CCCNCC1.C1CCCOCC1.C1CCCSCC1.C1CCNCC1.C1CCOC1.C1CCOCC1.C1CCOCC1.C1CCSC1.C1CCSCC1.C1CCSCC1.C1CNCCOC1.C1CNCCSC1.C1CO1.C1COC1.C1COCCO1.C1COCCOC1.C1COCCSC1.C1CS1.C1CSC1.C1CSCCO1.C1CSCCS1. The summed E-state index contributed by atoms with van der Waals surface area (Å²) < 4.78 is 64.9. The molecule has 146 heavy (non-hydrogen) atoms. The molecule has 0 unspecified atom stereocenters. The van der Waals surface area contributed by atoms with Gasteiger partial charge in [0.05, 0.1) is 79.3 Å². The standard InChI is InChI=1S/C7H14.C6H13N.C6H12O.C6H12S.C6H12.C5H11NO.C5H11NS.C5H11N.C5H10O2.C5H10OS.2C5H10O.2C5H10S.C5H10.C4H8O2.C4H8OS.C4H8O.C4H8S2.C4H8S.C4H8.C3H6O.C3H6S.C3H6.C2H4O.C2H4S/c4*1-2-4-6-7-5-3-1;1-2-4-6-5-3-1;2*1-2-6-3-5-7-4-1;1-2-4-6-5-3-1;1-2-6-4-5-7-3-1;1-2-6-3-5-7-4-1;4*1-2-4-6-5-3-1;1-2-4-5-3-1;1-2-6-4-3-5-1;1-3-6-4-2-5-1;1-2-4-5-3-1;1-2-6-4-3-5-1;1-2-4-5-3-1;3*1-2-4-3-1;3*1-2-3-1/h1-7H2;7H,1-6H2;2*1-6H2;1-6H2;2*6H,1-5H2;6H,1-5H2;2*1-5H2;4*1-5H2;1-5H2;2*1-4H2;1-4H2;1-4H2;1-4H2;1-4H2;2*1-3H2;1-3H2;2*1-2H2. The topological polar surface area (TPSA) is 171 Å². The molecule has 0 aromatic rings. The molecule has 26 aliphatic rings. The molecule has 0 radical (unpaired) electrons. The highest BCUT2D eigenvalue weighted by atomic mass is 32.2. The number of ether oxygens (including phenoxy) is 13. The maximum Gasteiger partial charge on any atom is 0.0701 e. The zero-order chi connectivity index (χ0) is 103. The molecule has 21 heterocycles. The second-order valence-corrected chi connectivity index (χ2v) is 53.1. The van der Waals surface area contributed by atoms with Crippen LogP contribution in [0.4, 0.5) is 0 Å². The molecule has 0 aromatic heterocycles. The minimum Gasteiger partial charge on any atom is -0.381 e. The monoisotopic (exact) mass is 2270 g/mol. The first kappa shape index (κ1) is 147. The molecule has 21 aliphatic heterocycles. The molecular formula is C118H240N4O13S11. The van der Waals surface area contributed by atoms with Crippen molar-refractivity contribution in [1.29, 1.82) is 0 Å². The largest absolute Gasteiger partial charge is 0.381 e. The van der Waals surface area contributed by atoms with Crippen LogP contribution in [0.25, 0.3) is 0 Å². The van der Waals surface area contributed by atoms with Gasteiger partial charge in [0, 0.05) is 163 Å². The van der Waals surface area contributed by atoms with Gasteiger partial charge < -0.3 is 82.8 Å². The van der Waals surface area contributed by atoms with E-state index in [4.69, 9.17) is 56.8 Å². The Balaban J connectivity index is 0.000000761. The second-order valence-electron chi connectivity index (χ2n) is 39.6. The van der Waals surface area contributed by atoms with Gasteiger partial charge in [0.25, 0.3) is 0 Å². The lowest BCUT2D eigenvalue weighted by atomic mass is 10.0. The predicted molar refractivity (Wildman–Crippen MR) is 669 cm³/mol. The Labute approximate surface area is 952 Å². The van der Waals surface area contributed by atoms with Gasteiger partial charge in [-0.1, -0.05) is 218 Å². The Morgan fingerprint density at radius 1 is 0.0753 bits per heavy atom. The maximum absolute atomic E-state index is 5.19. The molecule has 5 aliphatic carbocycles. The van der Waals surface area contributed by atoms with E-state index in [0.717, 1.165) is 191 Å². The molecule has 0 amide bonds. The van der Waals surface area contributed by atoms with Gasteiger partial charge in [-0.2, -0.15) is 129 Å². The lowest BCUT2D eigenvalue weighted by molar-refractivity contribution is -0.0334. The zero-order valence-corrected chi connectivity index (χ0v) is 104. The van der Waals surface area contributed by atoms with Crippen LogP contribution in [-0.4, -0.2) is 351 Å². The molecule has 21 saturated heterocycles. The zero-order valence-electron chi connectivity index (χ0n) is 95.2. The van der Waals surface area contributed by atoms with Crippen molar-refractivity contribution >= 4 is 129 Å². The van der Waals surface area contributed by atoms with Crippen molar-refractivity contribution < 1.29 is 61.6 Å². The molecule has 0 atom stereocenters. The van der Waals surface area contributed by atoms with E-state index in [-0.39, 0.29) is 0 Å². The van der Waals surface area contributed by atoms with E-state index in [1.807, 2.05) is 47.0 Å². The quantitative estimate of drug-likeness (QED) is 0.133. The van der Waals surface area contributed by atoms with Gasteiger partial charge in [0.15, 0.2) is 0 Å². The predicted octanol–water partition coefficient (Wildman–Crippen LogP) is 30.8. The van der Waals surface area contributed by atoms with Crippen molar-refractivity contribution in [2.45, 2.75) is 398 Å². The molecule has 0 aromatic carbocycles. The second kappa shape index (κ2) is 144. The van der Waals surface area contributed by atoms with E-state index in [0.29, 0.717) is 0 Å². The van der Waals surface area contributed by atoms with Crippen LogP contribution in [0.5, 0.6) is 0 Å². The van der Waals surface area contributed by atoms with Gasteiger partial charge in [0.2, 0.25) is 0 Å². The summed E-state index contributed by atoms with van der Waals surface area (Å²) in [6, 6.07) is 0. The summed E-state index contributed by atoms with van der Waals surface area (Å²) in [6.45, 7) is 33.7. The smallest absolute Gasteiger partial charge is 0.0701 e. The van der Waals surface area contributed by atoms with Crippen LogP contribution >= 0.6 is 129 Å². The first-order valence-corrected chi connectivity index (χ1v) is 74.4. The highest BCUT2D eigenvalue weighted by Crippen LogP contribution is 2.23. The summed E-state index contributed by atoms with van der Waals surface area (Å²) in [6.07, 6.45) is 88.3. The third-order valence-corrected chi connectivity index (χ3v) is 36.6. The molecule has 28 heteroatoms. The van der Waals surface area contributed by atoms with E-state index < -0.39 is 0 Å². The Morgan fingerprint density at radius 3 is 0.521 bits per heavy atom. The number of piperidine rings is 1. The van der Waals surface area contributed by atoms with Crippen LogP contribution in [0.1, 0.15) is 398 Å². The van der Waals surface area contributed by atoms with Gasteiger partial charge in [-0.25, -0.2) is 0 Å². The van der Waals surface area contributed by atoms with Gasteiger partial charge in [-0.15, -0.1) is 0 Å². The molecular weight excluding hydrogens is 2030 g/mol. The van der Waals surface area contributed by atoms with Crippen LogP contribution in [0.2, 0.25) is 0 Å². The van der Waals surface area contributed by atoms with Gasteiger partial charge in [-0.05, 0) is 288 Å². The van der Waals surface area contributed by atoms with Crippen LogP contribution in [0, 0.1) is 0 Å². The first-order valence-electron chi connectivity index (χ1n) is 61.7. The molecule has 26 fully saturated rings. The lowest BCUT2D eigenvalue weighted by Crippen LogP contribution is -2.21. The Morgan fingerprint density at radius 2 is 0.226 bits per heavy atom. The highest BCUT2D eigenvalue weighted by Gasteiger charge is 2.08. The van der Waals surface area contributed by atoms with E-state index in [9.17, 15) is 0 Å². The lowest BCUT2D eigenvalue weighted by Gasteiger charge is -2.09. The summed E-state index contributed by atoms with van der Waals surface area (Å²) in [5.41, 5.74) is 0. The number of epoxide rings is 1. The van der Waals surface area contributed by atoms with Crippen molar-refractivity contribution in [3.8, 4) is 0 Å². The Kier molecular flexibility index (Phi) is 145. The Hall–Kier alpha value is 3.17. The maximum atomic E-state index is 5.19. The van der Waals surface area contributed by atoms with Crippen molar-refractivity contribution in [2.75, 3.05) is 351 Å². The van der Waals surface area contributed by atoms with Gasteiger partial charge in [-0.3, -0.25) is 0 Å². The number of rotatable bonds is 0. The normalized spacial score (nSPS) is 24.0. The third-order valence-electron chi connectivity index (χ3n) is 25.0. The number of thioether (sulfide) groups is 11. The van der Waals surface area contributed by atoms with E-state index in [2.05, 4.69) is 108 Å². The Bertz CT molecular complexity index is 1480. The summed E-state index contributed by atoms with van der Waals surface area (Å²) in [5.74, 6) is 30.1. The average Bonchev–Trinajstić information content (AvgIpc) is 2.07. The van der Waals surface area contributed by atoms with Crippen LogP contribution in [0.3, 0.4) is 0 Å². The molecule has 26 rings (SSSR count). The van der Waals surface area contributed by atoms with Crippen molar-refractivity contribution in [3.05, 3.63) is 0 Å². The molecule has 17 nitrogen and oxygen atoms in total. The highest BCUT2D eigenvalue weighted by molar-refractivity contribution is 8.06. The number of hydrogen-bond donors (Lipinski definition) is 4. The van der Waals surface area contributed by atoms with E-state index in [1.165, 1.54) is 558 Å². The number of hydrogen-bond acceptors (Lipinski definition) is 28.